The number of aliphatic hydroxyl groups is 1. The average molecular weight is 248 g/mol. The summed E-state index contributed by atoms with van der Waals surface area (Å²) in [5, 5.41) is 9.04. The van der Waals surface area contributed by atoms with Gasteiger partial charge >= 0.3 is 0 Å². The highest BCUT2D eigenvalue weighted by Gasteiger charge is 2.23. The van der Waals surface area contributed by atoms with Gasteiger partial charge in [-0.25, -0.2) is 0 Å². The zero-order valence-corrected chi connectivity index (χ0v) is 10.8. The molecule has 4 heteroatoms. The van der Waals surface area contributed by atoms with Gasteiger partial charge in [0.25, 0.3) is 5.91 Å². The Hall–Kier alpha value is -1.42. The number of carbonyl (C=O) groups is 1. The summed E-state index contributed by atoms with van der Waals surface area (Å²) in [5.74, 6) is 0.0269. The maximum absolute atomic E-state index is 12.3. The largest absolute Gasteiger partial charge is 0.390 e. The predicted octanol–water partition coefficient (Wildman–Crippen LogP) is 1.98. The van der Waals surface area contributed by atoms with E-state index in [2.05, 4.69) is 4.98 Å². The van der Waals surface area contributed by atoms with Crippen LogP contribution in [0.25, 0.3) is 0 Å². The summed E-state index contributed by atoms with van der Waals surface area (Å²) in [6, 6.07) is 3.74. The summed E-state index contributed by atoms with van der Waals surface area (Å²) in [6.07, 6.45) is 7.47. The van der Waals surface area contributed by atoms with Crippen LogP contribution in [0.4, 0.5) is 0 Å². The van der Waals surface area contributed by atoms with E-state index in [9.17, 15) is 4.79 Å². The monoisotopic (exact) mass is 248 g/mol. The van der Waals surface area contributed by atoms with Crippen molar-refractivity contribution in [1.82, 2.24) is 9.88 Å². The molecule has 0 unspecified atom stereocenters. The Kier molecular flexibility index (Phi) is 4.31. The number of amides is 1. The van der Waals surface area contributed by atoms with Crippen molar-refractivity contribution in [2.24, 2.45) is 0 Å². The Morgan fingerprint density at radius 3 is 2.83 bits per heavy atom. The lowest BCUT2D eigenvalue weighted by Crippen LogP contribution is -2.38. The first kappa shape index (κ1) is 13.0. The quantitative estimate of drug-likeness (QED) is 0.890. The summed E-state index contributed by atoms with van der Waals surface area (Å²) in [7, 11) is 1.87. The molecule has 98 valence electrons. The Morgan fingerprint density at radius 2 is 2.17 bits per heavy atom. The lowest BCUT2D eigenvalue weighted by Gasteiger charge is -2.31. The lowest BCUT2D eigenvalue weighted by molar-refractivity contribution is 0.0696. The van der Waals surface area contributed by atoms with Crippen LogP contribution in [0.5, 0.6) is 0 Å². The molecule has 1 heterocycles. The van der Waals surface area contributed by atoms with Gasteiger partial charge in [0, 0.05) is 24.8 Å². The summed E-state index contributed by atoms with van der Waals surface area (Å²) >= 11 is 0. The first-order valence-corrected chi connectivity index (χ1v) is 6.55. The molecule has 1 N–H and O–H groups in total. The van der Waals surface area contributed by atoms with Gasteiger partial charge in [-0.15, -0.1) is 0 Å². The normalized spacial score (nSPS) is 16.6. The molecule has 1 aromatic rings. The van der Waals surface area contributed by atoms with Crippen LogP contribution >= 0.6 is 0 Å². The van der Waals surface area contributed by atoms with Gasteiger partial charge in [0.15, 0.2) is 0 Å². The van der Waals surface area contributed by atoms with Crippen molar-refractivity contribution in [3.05, 3.63) is 29.6 Å². The number of hydrogen-bond donors (Lipinski definition) is 1. The molecule has 1 fully saturated rings. The molecular formula is C14H20N2O2. The van der Waals surface area contributed by atoms with Crippen LogP contribution in [0.15, 0.2) is 18.3 Å². The van der Waals surface area contributed by atoms with Gasteiger partial charge in [-0.3, -0.25) is 9.78 Å². The molecule has 0 radical (unpaired) electrons. The third-order valence-electron chi connectivity index (χ3n) is 3.67. The molecule has 0 saturated heterocycles. The molecular weight excluding hydrogens is 228 g/mol. The number of pyridine rings is 1. The summed E-state index contributed by atoms with van der Waals surface area (Å²) < 4.78 is 0. The van der Waals surface area contributed by atoms with Crippen molar-refractivity contribution in [3.63, 3.8) is 0 Å². The Morgan fingerprint density at radius 1 is 1.44 bits per heavy atom. The highest BCUT2D eigenvalue weighted by molar-refractivity contribution is 5.94. The summed E-state index contributed by atoms with van der Waals surface area (Å²) in [5.41, 5.74) is 1.15. The van der Waals surface area contributed by atoms with Crippen molar-refractivity contribution in [2.75, 3.05) is 7.05 Å². The maximum Gasteiger partial charge on any atom is 0.253 e. The van der Waals surface area contributed by atoms with Crippen molar-refractivity contribution in [1.29, 1.82) is 0 Å². The van der Waals surface area contributed by atoms with Crippen LogP contribution in [0.1, 0.15) is 48.2 Å². The van der Waals surface area contributed by atoms with Gasteiger partial charge in [-0.05, 0) is 25.0 Å². The molecule has 2 rings (SSSR count). The Labute approximate surface area is 108 Å². The van der Waals surface area contributed by atoms with E-state index >= 15 is 0 Å². The van der Waals surface area contributed by atoms with Crippen molar-refractivity contribution in [3.8, 4) is 0 Å². The average Bonchev–Trinajstić information content (AvgIpc) is 2.46. The zero-order valence-electron chi connectivity index (χ0n) is 10.8. The first-order chi connectivity index (χ1) is 8.72. The molecule has 0 spiro atoms. The van der Waals surface area contributed by atoms with Gasteiger partial charge in [-0.1, -0.05) is 19.3 Å². The number of aromatic nitrogens is 1. The second kappa shape index (κ2) is 5.96. The fourth-order valence-electron chi connectivity index (χ4n) is 2.54. The van der Waals surface area contributed by atoms with E-state index in [0.717, 1.165) is 12.8 Å². The van der Waals surface area contributed by atoms with E-state index in [1.165, 1.54) is 19.3 Å². The van der Waals surface area contributed by atoms with Crippen LogP contribution in [0, 0.1) is 0 Å². The highest BCUT2D eigenvalue weighted by atomic mass is 16.3. The van der Waals surface area contributed by atoms with Crippen molar-refractivity contribution in [2.45, 2.75) is 44.8 Å². The molecule has 0 atom stereocenters. The Bertz CT molecular complexity index is 414. The molecule has 1 aliphatic carbocycles. The van der Waals surface area contributed by atoms with Gasteiger partial charge in [0.2, 0.25) is 0 Å². The molecule has 0 bridgehead atoms. The zero-order chi connectivity index (χ0) is 13.0. The SMILES string of the molecule is CN(C(=O)c1ccnc(CO)c1)C1CCCCC1. The topological polar surface area (TPSA) is 53.4 Å². The molecule has 1 saturated carbocycles. The van der Waals surface area contributed by atoms with Gasteiger partial charge in [0.05, 0.1) is 12.3 Å². The minimum Gasteiger partial charge on any atom is -0.390 e. The van der Waals surface area contributed by atoms with E-state index in [0.29, 0.717) is 17.3 Å². The first-order valence-electron chi connectivity index (χ1n) is 6.55. The van der Waals surface area contributed by atoms with Crippen LogP contribution in [0.2, 0.25) is 0 Å². The number of nitrogens with zero attached hydrogens (tertiary/aromatic N) is 2. The third-order valence-corrected chi connectivity index (χ3v) is 3.67. The van der Waals surface area contributed by atoms with Gasteiger partial charge in [0.1, 0.15) is 0 Å². The molecule has 1 amide bonds. The molecule has 1 aromatic heterocycles. The maximum atomic E-state index is 12.3. The predicted molar refractivity (Wildman–Crippen MR) is 69.1 cm³/mol. The number of rotatable bonds is 3. The van der Waals surface area contributed by atoms with E-state index < -0.39 is 0 Å². The number of hydrogen-bond acceptors (Lipinski definition) is 3. The lowest BCUT2D eigenvalue weighted by atomic mass is 9.94. The molecule has 18 heavy (non-hydrogen) atoms. The van der Waals surface area contributed by atoms with E-state index in [-0.39, 0.29) is 12.5 Å². The van der Waals surface area contributed by atoms with Gasteiger partial charge in [-0.2, -0.15) is 0 Å². The fourth-order valence-corrected chi connectivity index (χ4v) is 2.54. The molecule has 4 nitrogen and oxygen atoms in total. The minimum atomic E-state index is -0.131. The highest BCUT2D eigenvalue weighted by Crippen LogP contribution is 2.22. The van der Waals surface area contributed by atoms with Crippen LogP contribution in [-0.4, -0.2) is 34.0 Å². The smallest absolute Gasteiger partial charge is 0.253 e. The fraction of sp³-hybridized carbons (Fsp3) is 0.571. The minimum absolute atomic E-state index is 0.0269. The standard InChI is InChI=1S/C14H20N2O2/c1-16(13-5-3-2-4-6-13)14(18)11-7-8-15-12(9-11)10-17/h7-9,13,17H,2-6,10H2,1H3. The Balaban J connectivity index is 2.09. The van der Waals surface area contributed by atoms with Crippen LogP contribution < -0.4 is 0 Å². The van der Waals surface area contributed by atoms with Crippen molar-refractivity contribution < 1.29 is 9.90 Å². The second-order valence-electron chi connectivity index (χ2n) is 4.90. The number of carbonyl (C=O) groups excluding carboxylic acids is 1. The van der Waals surface area contributed by atoms with Gasteiger partial charge < -0.3 is 10.0 Å². The molecule has 0 aliphatic heterocycles. The van der Waals surface area contributed by atoms with Crippen LogP contribution in [-0.2, 0) is 6.61 Å². The molecule has 0 aromatic carbocycles. The van der Waals surface area contributed by atoms with Crippen molar-refractivity contribution >= 4 is 5.91 Å². The second-order valence-corrected chi connectivity index (χ2v) is 4.90. The third kappa shape index (κ3) is 2.88. The molecule has 1 aliphatic rings. The van der Waals surface area contributed by atoms with Crippen LogP contribution in [0.3, 0.4) is 0 Å². The summed E-state index contributed by atoms with van der Waals surface area (Å²) in [4.78, 5) is 18.2. The van der Waals surface area contributed by atoms with E-state index in [1.54, 1.807) is 18.3 Å². The number of aliphatic hydroxyl groups excluding tert-OH is 1. The summed E-state index contributed by atoms with van der Waals surface area (Å²) in [6.45, 7) is -0.131. The van der Waals surface area contributed by atoms with E-state index in [1.807, 2.05) is 11.9 Å². The van der Waals surface area contributed by atoms with E-state index in [4.69, 9.17) is 5.11 Å².